The van der Waals surface area contributed by atoms with Crippen LogP contribution in [0.2, 0.25) is 5.28 Å². The molecule has 3 fully saturated rings. The van der Waals surface area contributed by atoms with Crippen molar-refractivity contribution in [2.45, 2.75) is 176 Å². The van der Waals surface area contributed by atoms with Crippen LogP contribution in [-0.2, 0) is 9.47 Å². The zero-order valence-corrected chi connectivity index (χ0v) is 71.2. The first-order valence-corrected chi connectivity index (χ1v) is 40.7. The topological polar surface area (TPSA) is 236 Å². The molecule has 0 atom stereocenters. The summed E-state index contributed by atoms with van der Waals surface area (Å²) in [5.74, 6) is -3.86. The van der Waals surface area contributed by atoms with Gasteiger partial charge in [0.1, 0.15) is 65.6 Å². The molecular weight excluding hydrogens is 1630 g/mol. The van der Waals surface area contributed by atoms with E-state index in [0.717, 1.165) is 57.4 Å². The zero-order valence-electron chi connectivity index (χ0n) is 69.6. The molecule has 3 aromatic heterocycles. The lowest BCUT2D eigenvalue weighted by Gasteiger charge is -2.34. The molecule has 656 valence electrons. The molecule has 9 aromatic rings. The van der Waals surface area contributed by atoms with Gasteiger partial charge in [-0.1, -0.05) is 25.6 Å². The fourth-order valence-electron chi connectivity index (χ4n) is 15.3. The van der Waals surface area contributed by atoms with Crippen LogP contribution in [0.5, 0.6) is 17.2 Å². The summed E-state index contributed by atoms with van der Waals surface area (Å²) in [5.41, 5.74) is 10.0. The van der Waals surface area contributed by atoms with Crippen molar-refractivity contribution >= 4 is 82.2 Å². The average Bonchev–Trinajstić information content (AvgIpc) is 0.781. The number of hydrogen-bond donors (Lipinski definition) is 4. The molecule has 9 heterocycles. The molecule has 0 aliphatic carbocycles. The first kappa shape index (κ1) is 93.5. The van der Waals surface area contributed by atoms with E-state index in [9.17, 15) is 44.7 Å². The van der Waals surface area contributed by atoms with Crippen LogP contribution >= 0.6 is 24.0 Å². The van der Waals surface area contributed by atoms with E-state index in [4.69, 9.17) is 41.0 Å². The number of nitrogen functional groups attached to an aromatic ring is 1. The Balaban J connectivity index is 0.000000176. The third-order valence-corrected chi connectivity index (χ3v) is 21.3. The molecule has 2 amide bonds. The zero-order chi connectivity index (χ0) is 86.2. The van der Waals surface area contributed by atoms with E-state index < -0.39 is 51.9 Å². The lowest BCUT2D eigenvalue weighted by Crippen LogP contribution is -2.41. The molecule has 0 unspecified atom stereocenters. The maximum Gasteiger partial charge on any atom is 0.410 e. The van der Waals surface area contributed by atoms with Gasteiger partial charge < -0.3 is 69.9 Å². The second-order valence-corrected chi connectivity index (χ2v) is 33.3. The van der Waals surface area contributed by atoms with E-state index in [1.165, 1.54) is 36.4 Å². The van der Waals surface area contributed by atoms with E-state index in [1.807, 2.05) is 97.8 Å². The van der Waals surface area contributed by atoms with Crippen molar-refractivity contribution in [3.8, 4) is 51.0 Å². The van der Waals surface area contributed by atoms with Crippen LogP contribution < -0.4 is 50.6 Å². The number of hydrogen-bond acceptors (Lipinski definition) is 20. The smallest absolute Gasteiger partial charge is 0.410 e. The molecular formula is C89H106Cl2F9N15O7. The monoisotopic (exact) mass is 1740 g/mol. The molecule has 6 aromatic carbocycles. The molecule has 3 saturated heterocycles. The maximum atomic E-state index is 15.2. The van der Waals surface area contributed by atoms with E-state index in [-0.39, 0.29) is 142 Å². The predicted molar refractivity (Wildman–Crippen MR) is 460 cm³/mol. The summed E-state index contributed by atoms with van der Waals surface area (Å²) in [4.78, 5) is 57.7. The largest absolute Gasteiger partial charge is 0.486 e. The van der Waals surface area contributed by atoms with Crippen LogP contribution in [0.3, 0.4) is 0 Å². The van der Waals surface area contributed by atoms with Crippen molar-refractivity contribution in [1.29, 1.82) is 0 Å². The summed E-state index contributed by atoms with van der Waals surface area (Å²) in [5, 5.41) is 9.07. The number of aromatic nitrogens is 6. The fraction of sp³-hybridized carbons (Fsp3) is 0.438. The number of ether oxygens (including phenoxy) is 5. The van der Waals surface area contributed by atoms with E-state index in [1.54, 1.807) is 64.4 Å². The number of amides is 2. The number of fused-ring (bicyclic) bond motifs is 3. The van der Waals surface area contributed by atoms with Crippen molar-refractivity contribution < 1.29 is 72.8 Å². The lowest BCUT2D eigenvalue weighted by molar-refractivity contribution is 0.0194. The summed E-state index contributed by atoms with van der Waals surface area (Å²) in [7, 11) is 0. The van der Waals surface area contributed by atoms with Gasteiger partial charge in [0.05, 0.1) is 55.3 Å². The number of carbonyl (C=O) groups is 2. The number of likely N-dealkylation sites (tertiary alicyclic amines) is 2. The van der Waals surface area contributed by atoms with E-state index in [2.05, 4.69) is 45.9 Å². The third kappa shape index (κ3) is 23.1. The van der Waals surface area contributed by atoms with Crippen molar-refractivity contribution in [3.05, 3.63) is 184 Å². The molecule has 0 radical (unpaired) electrons. The summed E-state index contributed by atoms with van der Waals surface area (Å²) in [6.45, 7) is 29.9. The summed E-state index contributed by atoms with van der Waals surface area (Å²) in [6, 6.07) is 23.5. The minimum atomic E-state index is -0.716. The molecule has 5 N–H and O–H groups in total. The van der Waals surface area contributed by atoms with E-state index in [0.29, 0.717) is 135 Å². The highest BCUT2D eigenvalue weighted by atomic mass is 35.5. The van der Waals surface area contributed by atoms with Gasteiger partial charge in [0, 0.05) is 78.1 Å². The van der Waals surface area contributed by atoms with Crippen LogP contribution in [0.1, 0.15) is 163 Å². The average molecular weight is 1740 g/mol. The van der Waals surface area contributed by atoms with Gasteiger partial charge in [-0.05, 0) is 254 Å². The summed E-state index contributed by atoms with van der Waals surface area (Å²) >= 11 is 5.71. The van der Waals surface area contributed by atoms with Crippen LogP contribution in [0.15, 0.2) is 110 Å². The Morgan fingerprint density at radius 3 is 1.11 bits per heavy atom. The van der Waals surface area contributed by atoms with Crippen LogP contribution in [0.4, 0.5) is 95.1 Å². The Hall–Kier alpha value is -10.8. The van der Waals surface area contributed by atoms with Gasteiger partial charge in [-0.25, -0.2) is 79.0 Å². The molecule has 0 spiro atoms. The van der Waals surface area contributed by atoms with Crippen molar-refractivity contribution in [3.63, 3.8) is 0 Å². The molecule has 0 saturated carbocycles. The second kappa shape index (κ2) is 40.5. The molecule has 6 aliphatic heterocycles. The van der Waals surface area contributed by atoms with Gasteiger partial charge >= 0.3 is 12.2 Å². The number of piperidine rings is 3. The molecule has 122 heavy (non-hydrogen) atoms. The van der Waals surface area contributed by atoms with Gasteiger partial charge in [-0.3, -0.25) is 0 Å². The molecule has 33 heteroatoms. The standard InChI is InChI=1S/C31H36F3N5O3.C26H28F3N5O.C16H23FN2O2.C15H14ClF2N3O.CH4.ClH/c1-18(2)39-12-13-41-28-24(33)14-20(15-26(28)39)27-25(34)17-35-29(37-27)36-21-6-7-22(23(32)16-21)19-8-10-38(11-9-19)30(40)42-31(3,4)5;1-15(2)34-9-10-35-25-21(28)11-17(12-23(25)34)24-22(29)14-31-26(33-24)32-18-3-4-19(20(27)13-18)16-5-7-30-8-6-16;1-16(2,3)21-15(20)19-8-6-11(7-9-19)13-5-4-12(18)10-14(13)17;1-8(2)21-3-4-22-14-10(17)5-9(6-12(14)21)13-11(18)7-19-15(16)20-13;;/h6-7,14-19H,8-13H2,1-5H3,(H,35,36,37);3-4,11-16,30H,5-10H2,1-2H3,(H,31,32,33);4-5,10-11H,6-9,18H2,1-3H3;5-8H,3-4H2,1-2H3;1H4;1H. The summed E-state index contributed by atoms with van der Waals surface area (Å²) < 4.78 is 159. The Morgan fingerprint density at radius 1 is 0.451 bits per heavy atom. The molecule has 0 bridgehead atoms. The Bertz CT molecular complexity index is 5160. The van der Waals surface area contributed by atoms with E-state index >= 15 is 4.39 Å². The van der Waals surface area contributed by atoms with Gasteiger partial charge in [-0.2, -0.15) is 0 Å². The van der Waals surface area contributed by atoms with Crippen LogP contribution in [0, 0.1) is 52.4 Å². The highest BCUT2D eigenvalue weighted by Crippen LogP contribution is 2.44. The Morgan fingerprint density at radius 2 is 0.779 bits per heavy atom. The van der Waals surface area contributed by atoms with Crippen LogP contribution in [-0.4, -0.2) is 160 Å². The van der Waals surface area contributed by atoms with Gasteiger partial charge in [0.25, 0.3) is 0 Å². The normalized spacial score (nSPS) is 15.5. The number of anilines is 8. The predicted octanol–water partition coefficient (Wildman–Crippen LogP) is 20.7. The highest BCUT2D eigenvalue weighted by Gasteiger charge is 2.34. The van der Waals surface area contributed by atoms with Crippen LogP contribution in [0.25, 0.3) is 33.8 Å². The minimum Gasteiger partial charge on any atom is -0.486 e. The number of benzene rings is 6. The van der Waals surface area contributed by atoms with Crippen molar-refractivity contribution in [2.24, 2.45) is 0 Å². The second-order valence-electron chi connectivity index (χ2n) is 33.0. The number of halogens is 11. The number of carbonyl (C=O) groups excluding carboxylic acids is 2. The number of rotatable bonds is 13. The molecule has 6 aliphatic rings. The fourth-order valence-corrected chi connectivity index (χ4v) is 15.4. The Kier molecular flexibility index (Phi) is 31.0. The Labute approximate surface area is 717 Å². The van der Waals surface area contributed by atoms with Crippen molar-refractivity contribution in [1.82, 2.24) is 45.0 Å². The maximum absolute atomic E-state index is 15.2. The van der Waals surface area contributed by atoms with Gasteiger partial charge in [-0.15, -0.1) is 12.4 Å². The first-order valence-electron chi connectivity index (χ1n) is 40.3. The van der Waals surface area contributed by atoms with Gasteiger partial charge in [0.2, 0.25) is 17.2 Å². The molecule has 15 rings (SSSR count). The number of nitrogens with zero attached hydrogens (tertiary/aromatic N) is 11. The quantitative estimate of drug-likeness (QED) is 0.0477. The lowest BCUT2D eigenvalue weighted by atomic mass is 9.89. The SMILES string of the molecule is C.CC(C)(C)OC(=O)N1CCC(c2ccc(N)cc2F)CC1.CC(C)N1CCOc2c(F)cc(-c3nc(Cl)ncc3F)cc21.CC(C)N1CCOc2c(F)cc(-c3nc(Nc4ccc(C5CCN(C(=O)OC(C)(C)C)CC5)c(F)c4)ncc3F)cc21.CC(C)N1CCOc2c(F)cc(-c3nc(Nc4ccc(C5CCNCC5)c(F)c4)ncc3F)cc21.Cl. The highest BCUT2D eigenvalue weighted by molar-refractivity contribution is 6.28. The minimum absolute atomic E-state index is 0. The molecule has 22 nitrogen and oxygen atoms in total. The number of nitrogens with two attached hydrogens (primary N) is 1. The number of nitrogens with one attached hydrogen (secondary N) is 3. The third-order valence-electron chi connectivity index (χ3n) is 21.1. The summed E-state index contributed by atoms with van der Waals surface area (Å²) in [6.07, 6.45) is 6.84. The first-order chi connectivity index (χ1) is 57.0. The van der Waals surface area contributed by atoms with Crippen molar-refractivity contribution in [2.75, 3.05) is 110 Å². The van der Waals surface area contributed by atoms with Gasteiger partial charge in [0.15, 0.2) is 52.2 Å².